The molecule has 3 heterocycles. The maximum Gasteiger partial charge on any atom is 0.237 e. The molecule has 2 aliphatic heterocycles. The highest BCUT2D eigenvalue weighted by molar-refractivity contribution is 5.78. The zero-order chi connectivity index (χ0) is 19.4. The smallest absolute Gasteiger partial charge is 0.237 e. The van der Waals surface area contributed by atoms with E-state index in [1.807, 2.05) is 4.90 Å². The largest absolute Gasteiger partial charge is 0.369 e. The van der Waals surface area contributed by atoms with Crippen LogP contribution in [-0.2, 0) is 17.8 Å². The van der Waals surface area contributed by atoms with Crippen molar-refractivity contribution < 1.29 is 4.79 Å². The highest BCUT2D eigenvalue weighted by atomic mass is 16.2. The van der Waals surface area contributed by atoms with E-state index in [1.54, 1.807) is 6.33 Å². The van der Waals surface area contributed by atoms with Crippen LogP contribution in [0.3, 0.4) is 0 Å². The van der Waals surface area contributed by atoms with Crippen molar-refractivity contribution >= 4 is 11.7 Å². The average molecular weight is 396 g/mol. The quantitative estimate of drug-likeness (QED) is 0.830. The van der Waals surface area contributed by atoms with Gasteiger partial charge in [-0.3, -0.25) is 9.69 Å². The van der Waals surface area contributed by atoms with Gasteiger partial charge in [0.1, 0.15) is 12.1 Å². The average Bonchev–Trinajstić information content (AvgIpc) is 2.69. The summed E-state index contributed by atoms with van der Waals surface area (Å²) in [5.41, 5.74) is 2.28. The summed E-state index contributed by atoms with van der Waals surface area (Å²) < 4.78 is 0. The second-order valence-electron chi connectivity index (χ2n) is 10.3. The summed E-state index contributed by atoms with van der Waals surface area (Å²) in [6.45, 7) is 5.19. The number of fused-ring (bicyclic) bond motifs is 1. The molecule has 29 heavy (non-hydrogen) atoms. The minimum absolute atomic E-state index is 0.247. The number of anilines is 1. The van der Waals surface area contributed by atoms with E-state index in [0.717, 1.165) is 73.7 Å². The lowest BCUT2D eigenvalue weighted by atomic mass is 9.52. The van der Waals surface area contributed by atoms with Crippen molar-refractivity contribution in [3.63, 3.8) is 0 Å². The Morgan fingerprint density at radius 2 is 1.79 bits per heavy atom. The van der Waals surface area contributed by atoms with Gasteiger partial charge in [-0.15, -0.1) is 0 Å². The van der Waals surface area contributed by atoms with Crippen LogP contribution >= 0.6 is 0 Å². The van der Waals surface area contributed by atoms with E-state index in [9.17, 15) is 4.79 Å². The first kappa shape index (κ1) is 18.1. The van der Waals surface area contributed by atoms with Gasteiger partial charge in [0, 0.05) is 18.7 Å². The third kappa shape index (κ3) is 3.33. The van der Waals surface area contributed by atoms with Crippen molar-refractivity contribution in [2.45, 2.75) is 51.5 Å². The molecule has 0 unspecified atom stereocenters. The van der Waals surface area contributed by atoms with Crippen molar-refractivity contribution in [2.24, 2.45) is 29.6 Å². The van der Waals surface area contributed by atoms with Crippen LogP contribution in [0.2, 0.25) is 0 Å². The molecule has 1 amide bonds. The summed E-state index contributed by atoms with van der Waals surface area (Å²) in [7, 11) is 0. The molecule has 0 spiro atoms. The number of hydrogen-bond acceptors (Lipinski definition) is 5. The van der Waals surface area contributed by atoms with Crippen LogP contribution in [0, 0.1) is 29.6 Å². The molecule has 4 saturated carbocycles. The van der Waals surface area contributed by atoms with Gasteiger partial charge >= 0.3 is 0 Å². The number of amides is 1. The number of likely N-dealkylation sites (tertiary alicyclic amines) is 1. The van der Waals surface area contributed by atoms with Crippen molar-refractivity contribution in [3.8, 4) is 0 Å². The lowest BCUT2D eigenvalue weighted by Gasteiger charge is -2.54. The van der Waals surface area contributed by atoms with Gasteiger partial charge in [-0.05, 0) is 87.6 Å². The first-order valence-electron chi connectivity index (χ1n) is 11.8. The molecule has 7 rings (SSSR count). The summed E-state index contributed by atoms with van der Waals surface area (Å²) in [6.07, 6.45) is 11.2. The number of hydrogen-bond donors (Lipinski definition) is 1. The minimum atomic E-state index is 0.247. The second kappa shape index (κ2) is 7.22. The fourth-order valence-corrected chi connectivity index (χ4v) is 7.14. The van der Waals surface area contributed by atoms with Crippen LogP contribution in [-0.4, -0.2) is 58.4 Å². The molecule has 0 radical (unpaired) electrons. The molecule has 1 aromatic rings. The first-order chi connectivity index (χ1) is 14.2. The van der Waals surface area contributed by atoms with E-state index in [2.05, 4.69) is 20.2 Å². The van der Waals surface area contributed by atoms with Gasteiger partial charge in [-0.2, -0.15) is 0 Å². The van der Waals surface area contributed by atoms with E-state index < -0.39 is 0 Å². The van der Waals surface area contributed by atoms with E-state index in [0.29, 0.717) is 13.1 Å². The number of rotatable bonds is 5. The fourth-order valence-electron chi connectivity index (χ4n) is 7.14. The van der Waals surface area contributed by atoms with Gasteiger partial charge in [0.25, 0.3) is 0 Å². The molecule has 5 fully saturated rings. The fraction of sp³-hybridized carbons (Fsp3) is 0.783. The number of nitrogens with one attached hydrogen (secondary N) is 1. The molecule has 6 aliphatic rings. The number of carbonyl (C=O) groups excluding carboxylic acids is 1. The molecule has 4 aliphatic carbocycles. The third-order valence-corrected chi connectivity index (χ3v) is 8.59. The van der Waals surface area contributed by atoms with E-state index in [4.69, 9.17) is 0 Å². The lowest BCUT2D eigenvalue weighted by Crippen LogP contribution is -2.48. The highest BCUT2D eigenvalue weighted by Gasteiger charge is 2.47. The molecule has 156 valence electrons. The summed E-state index contributed by atoms with van der Waals surface area (Å²) >= 11 is 0. The summed E-state index contributed by atoms with van der Waals surface area (Å²) in [4.78, 5) is 25.9. The monoisotopic (exact) mass is 395 g/mol. The zero-order valence-electron chi connectivity index (χ0n) is 17.4. The normalized spacial score (nSPS) is 35.3. The molecule has 0 atom stereocenters. The predicted molar refractivity (Wildman–Crippen MR) is 111 cm³/mol. The minimum Gasteiger partial charge on any atom is -0.369 e. The first-order valence-corrected chi connectivity index (χ1v) is 11.8. The SMILES string of the molecule is O=C(CN1CCC1)N1CCc2c(ncnc2NCC2C3CC4CC(C3)CC2C4)C1. The standard InChI is InChI=1S/C23H33N5O/c29-22(13-27-3-1-4-27)28-5-2-19-21(12-28)25-14-26-23(19)24-11-20-17-7-15-6-16(9-17)10-18(20)8-15/h14-18,20H,1-13H2,(H,24,25,26). The molecule has 1 saturated heterocycles. The molecular weight excluding hydrogens is 362 g/mol. The van der Waals surface area contributed by atoms with Crippen molar-refractivity contribution in [2.75, 3.05) is 38.0 Å². The maximum absolute atomic E-state index is 12.6. The van der Waals surface area contributed by atoms with E-state index in [1.165, 1.54) is 44.1 Å². The Morgan fingerprint density at radius 1 is 1.03 bits per heavy atom. The van der Waals surface area contributed by atoms with E-state index >= 15 is 0 Å². The molecule has 4 bridgehead atoms. The Hall–Kier alpha value is -1.69. The van der Waals surface area contributed by atoms with Crippen molar-refractivity contribution in [1.82, 2.24) is 19.8 Å². The topological polar surface area (TPSA) is 61.4 Å². The molecule has 6 heteroatoms. The van der Waals surface area contributed by atoms with Crippen LogP contribution in [0.25, 0.3) is 0 Å². The van der Waals surface area contributed by atoms with Crippen LogP contribution < -0.4 is 5.32 Å². The number of carbonyl (C=O) groups is 1. The zero-order valence-corrected chi connectivity index (χ0v) is 17.4. The molecule has 6 nitrogen and oxygen atoms in total. The Labute approximate surface area is 173 Å². The Morgan fingerprint density at radius 3 is 2.48 bits per heavy atom. The maximum atomic E-state index is 12.6. The van der Waals surface area contributed by atoms with Crippen LogP contribution in [0.15, 0.2) is 6.33 Å². The number of aromatic nitrogens is 2. The van der Waals surface area contributed by atoms with Crippen LogP contribution in [0.5, 0.6) is 0 Å². The van der Waals surface area contributed by atoms with Gasteiger partial charge in [0.2, 0.25) is 5.91 Å². The van der Waals surface area contributed by atoms with Gasteiger partial charge < -0.3 is 10.2 Å². The van der Waals surface area contributed by atoms with Gasteiger partial charge in [-0.1, -0.05) is 0 Å². The van der Waals surface area contributed by atoms with Gasteiger partial charge in [0.05, 0.1) is 18.8 Å². The lowest BCUT2D eigenvalue weighted by molar-refractivity contribution is -0.134. The van der Waals surface area contributed by atoms with Gasteiger partial charge in [-0.25, -0.2) is 9.97 Å². The molecule has 1 aromatic heterocycles. The summed E-state index contributed by atoms with van der Waals surface area (Å²) in [6, 6.07) is 0. The van der Waals surface area contributed by atoms with E-state index in [-0.39, 0.29) is 5.91 Å². The summed E-state index contributed by atoms with van der Waals surface area (Å²) in [5.74, 6) is 6.03. The number of nitrogens with zero attached hydrogens (tertiary/aromatic N) is 4. The van der Waals surface area contributed by atoms with Crippen molar-refractivity contribution in [3.05, 3.63) is 17.6 Å². The predicted octanol–water partition coefficient (Wildman–Crippen LogP) is 2.55. The van der Waals surface area contributed by atoms with Crippen molar-refractivity contribution in [1.29, 1.82) is 0 Å². The Balaban J connectivity index is 1.11. The van der Waals surface area contributed by atoms with Gasteiger partial charge in [0.15, 0.2) is 0 Å². The Kier molecular flexibility index (Phi) is 4.51. The molecule has 1 N–H and O–H groups in total. The highest BCUT2D eigenvalue weighted by Crippen LogP contribution is 2.56. The third-order valence-electron chi connectivity index (χ3n) is 8.59. The molecular formula is C23H33N5O. The van der Waals surface area contributed by atoms with Crippen LogP contribution in [0.1, 0.15) is 49.8 Å². The second-order valence-corrected chi connectivity index (χ2v) is 10.3. The molecule has 0 aromatic carbocycles. The summed E-state index contributed by atoms with van der Waals surface area (Å²) in [5, 5.41) is 3.73. The Bertz CT molecular complexity index is 763. The van der Waals surface area contributed by atoms with Crippen LogP contribution in [0.4, 0.5) is 5.82 Å².